The number of amides is 1. The van der Waals surface area contributed by atoms with Crippen molar-refractivity contribution < 1.29 is 18.7 Å². The van der Waals surface area contributed by atoms with Crippen molar-refractivity contribution in [3.63, 3.8) is 0 Å². The van der Waals surface area contributed by atoms with Gasteiger partial charge in [0.15, 0.2) is 0 Å². The average Bonchev–Trinajstić information content (AvgIpc) is 2.54. The molecule has 0 radical (unpaired) electrons. The minimum Gasteiger partial charge on any atom is -0.495 e. The summed E-state index contributed by atoms with van der Waals surface area (Å²) in [5.41, 5.74) is 1.15. The van der Waals surface area contributed by atoms with Crippen LogP contribution >= 0.6 is 15.9 Å². The van der Waals surface area contributed by atoms with Gasteiger partial charge in [0.05, 0.1) is 14.2 Å². The molecule has 0 aliphatic heterocycles. The summed E-state index contributed by atoms with van der Waals surface area (Å²) < 4.78 is 24.4. The fourth-order valence-corrected chi connectivity index (χ4v) is 2.75. The summed E-state index contributed by atoms with van der Waals surface area (Å²) in [5.74, 6) is 0.479. The third-order valence-electron chi connectivity index (χ3n) is 3.35. The molecule has 0 unspecified atom stereocenters. The first-order valence-electron chi connectivity index (χ1n) is 6.87. The Morgan fingerprint density at radius 1 is 1.17 bits per heavy atom. The van der Waals surface area contributed by atoms with E-state index in [0.717, 1.165) is 5.56 Å². The first-order valence-corrected chi connectivity index (χ1v) is 7.67. The van der Waals surface area contributed by atoms with Crippen LogP contribution in [-0.4, -0.2) is 32.1 Å². The van der Waals surface area contributed by atoms with Crippen LogP contribution < -0.4 is 9.47 Å². The number of methoxy groups -OCH3 is 2. The van der Waals surface area contributed by atoms with Crippen LogP contribution in [0.5, 0.6) is 11.5 Å². The van der Waals surface area contributed by atoms with Crippen LogP contribution in [0, 0.1) is 5.82 Å². The van der Waals surface area contributed by atoms with Gasteiger partial charge in [0.2, 0.25) is 0 Å². The topological polar surface area (TPSA) is 38.8 Å². The van der Waals surface area contributed by atoms with Crippen LogP contribution in [0.3, 0.4) is 0 Å². The smallest absolute Gasteiger partial charge is 0.254 e. The molecule has 0 aliphatic carbocycles. The molecule has 0 spiro atoms. The predicted octanol–water partition coefficient (Wildman–Crippen LogP) is 3.88. The highest BCUT2D eigenvalue weighted by molar-refractivity contribution is 9.10. The number of rotatable bonds is 5. The highest BCUT2D eigenvalue weighted by Crippen LogP contribution is 2.35. The minimum atomic E-state index is -0.324. The Labute approximate surface area is 142 Å². The van der Waals surface area contributed by atoms with Crippen molar-refractivity contribution in [3.05, 3.63) is 57.8 Å². The van der Waals surface area contributed by atoms with Crippen molar-refractivity contribution >= 4 is 21.8 Å². The van der Waals surface area contributed by atoms with Crippen LogP contribution in [-0.2, 0) is 6.54 Å². The first kappa shape index (κ1) is 17.3. The monoisotopic (exact) mass is 381 g/mol. The molecule has 122 valence electrons. The maximum Gasteiger partial charge on any atom is 0.254 e. The second-order valence-electron chi connectivity index (χ2n) is 4.99. The Balaban J connectivity index is 2.25. The number of halogens is 2. The minimum absolute atomic E-state index is 0.210. The fourth-order valence-electron chi connectivity index (χ4n) is 2.19. The maximum atomic E-state index is 13.2. The van der Waals surface area contributed by atoms with Gasteiger partial charge < -0.3 is 14.4 Å². The highest BCUT2D eigenvalue weighted by atomic mass is 79.9. The Bertz CT molecular complexity index is 696. The van der Waals surface area contributed by atoms with Gasteiger partial charge in [-0.2, -0.15) is 0 Å². The van der Waals surface area contributed by atoms with E-state index in [-0.39, 0.29) is 11.7 Å². The summed E-state index contributed by atoms with van der Waals surface area (Å²) in [6, 6.07) is 9.45. The fraction of sp³-hybridized carbons (Fsp3) is 0.235. The van der Waals surface area contributed by atoms with E-state index in [1.54, 1.807) is 31.3 Å². The van der Waals surface area contributed by atoms with Crippen molar-refractivity contribution in [2.75, 3.05) is 21.3 Å². The van der Waals surface area contributed by atoms with E-state index < -0.39 is 0 Å². The largest absolute Gasteiger partial charge is 0.495 e. The Morgan fingerprint density at radius 3 is 2.30 bits per heavy atom. The molecule has 1 amide bonds. The molecule has 2 aromatic rings. The van der Waals surface area contributed by atoms with Crippen LogP contribution in [0.15, 0.2) is 40.9 Å². The molecule has 0 atom stereocenters. The van der Waals surface area contributed by atoms with Gasteiger partial charge in [0, 0.05) is 19.2 Å². The van der Waals surface area contributed by atoms with E-state index in [1.165, 1.54) is 31.3 Å². The average molecular weight is 382 g/mol. The lowest BCUT2D eigenvalue weighted by molar-refractivity contribution is 0.0784. The third-order valence-corrected chi connectivity index (χ3v) is 4.13. The predicted molar refractivity (Wildman–Crippen MR) is 89.4 cm³/mol. The number of hydrogen-bond acceptors (Lipinski definition) is 3. The van der Waals surface area contributed by atoms with E-state index in [1.807, 2.05) is 0 Å². The number of nitrogens with zero attached hydrogens (tertiary/aromatic N) is 1. The molecule has 0 saturated heterocycles. The van der Waals surface area contributed by atoms with Gasteiger partial charge in [0.1, 0.15) is 21.8 Å². The molecule has 23 heavy (non-hydrogen) atoms. The molecule has 6 heteroatoms. The van der Waals surface area contributed by atoms with Gasteiger partial charge in [-0.05, 0) is 45.8 Å². The Hall–Kier alpha value is -2.08. The van der Waals surface area contributed by atoms with Gasteiger partial charge in [0.25, 0.3) is 5.91 Å². The lowest BCUT2D eigenvalue weighted by Crippen LogP contribution is -2.26. The highest BCUT2D eigenvalue weighted by Gasteiger charge is 2.17. The summed E-state index contributed by atoms with van der Waals surface area (Å²) in [4.78, 5) is 14.1. The zero-order valence-electron chi connectivity index (χ0n) is 13.1. The van der Waals surface area contributed by atoms with Crippen molar-refractivity contribution in [2.45, 2.75) is 6.54 Å². The van der Waals surface area contributed by atoms with Gasteiger partial charge in [-0.1, -0.05) is 12.1 Å². The van der Waals surface area contributed by atoms with E-state index in [9.17, 15) is 9.18 Å². The summed E-state index contributed by atoms with van der Waals surface area (Å²) in [5, 5.41) is 0. The molecule has 0 bridgehead atoms. The summed E-state index contributed by atoms with van der Waals surface area (Å²) in [6.07, 6.45) is 0. The quantitative estimate of drug-likeness (QED) is 0.788. The van der Waals surface area contributed by atoms with E-state index in [4.69, 9.17) is 9.47 Å². The normalized spacial score (nSPS) is 10.3. The van der Waals surface area contributed by atoms with Crippen LogP contribution in [0.25, 0.3) is 0 Å². The van der Waals surface area contributed by atoms with Crippen LogP contribution in [0.1, 0.15) is 15.9 Å². The number of benzene rings is 2. The van der Waals surface area contributed by atoms with Gasteiger partial charge in [-0.3, -0.25) is 4.79 Å². The second-order valence-corrected chi connectivity index (χ2v) is 5.78. The lowest BCUT2D eigenvalue weighted by Gasteiger charge is -2.19. The zero-order valence-corrected chi connectivity index (χ0v) is 14.7. The van der Waals surface area contributed by atoms with Gasteiger partial charge in [-0.15, -0.1) is 0 Å². The standard InChI is InChI=1S/C17H17BrFNO3/c1-20(10-11-5-4-6-13(19)7-11)17(21)12-8-14(22-2)16(18)15(9-12)23-3/h4-9H,10H2,1-3H3. The maximum absolute atomic E-state index is 13.2. The number of hydrogen-bond donors (Lipinski definition) is 0. The van der Waals surface area contributed by atoms with Crippen molar-refractivity contribution in [2.24, 2.45) is 0 Å². The molecule has 0 saturated carbocycles. The van der Waals surface area contributed by atoms with Crippen LogP contribution in [0.2, 0.25) is 0 Å². The SMILES string of the molecule is COc1cc(C(=O)N(C)Cc2cccc(F)c2)cc(OC)c1Br. The van der Waals surface area contributed by atoms with Crippen molar-refractivity contribution in [1.29, 1.82) is 0 Å². The van der Waals surface area contributed by atoms with Crippen molar-refractivity contribution in [1.82, 2.24) is 4.90 Å². The molecule has 0 aromatic heterocycles. The van der Waals surface area contributed by atoms with E-state index >= 15 is 0 Å². The summed E-state index contributed by atoms with van der Waals surface area (Å²) in [6.45, 7) is 0.303. The number of carbonyl (C=O) groups is 1. The zero-order chi connectivity index (χ0) is 17.0. The molecular formula is C17H17BrFNO3. The van der Waals surface area contributed by atoms with Crippen LogP contribution in [0.4, 0.5) is 4.39 Å². The van der Waals surface area contributed by atoms with Gasteiger partial charge in [-0.25, -0.2) is 4.39 Å². The van der Waals surface area contributed by atoms with E-state index in [2.05, 4.69) is 15.9 Å². The molecule has 0 fully saturated rings. The lowest BCUT2D eigenvalue weighted by atomic mass is 10.1. The van der Waals surface area contributed by atoms with E-state index in [0.29, 0.717) is 28.1 Å². The Morgan fingerprint density at radius 2 is 1.78 bits per heavy atom. The Kier molecular flexibility index (Phi) is 5.60. The number of carbonyl (C=O) groups excluding carboxylic acids is 1. The third kappa shape index (κ3) is 4.01. The molecular weight excluding hydrogens is 365 g/mol. The van der Waals surface area contributed by atoms with Crippen molar-refractivity contribution in [3.8, 4) is 11.5 Å². The molecule has 2 aromatic carbocycles. The van der Waals surface area contributed by atoms with Gasteiger partial charge >= 0.3 is 0 Å². The number of ether oxygens (including phenoxy) is 2. The molecule has 0 heterocycles. The second kappa shape index (κ2) is 7.46. The molecule has 2 rings (SSSR count). The molecule has 0 aliphatic rings. The molecule has 4 nitrogen and oxygen atoms in total. The molecule has 0 N–H and O–H groups in total. The summed E-state index contributed by atoms with van der Waals surface area (Å²) in [7, 11) is 4.70. The first-order chi connectivity index (χ1) is 11.0. The summed E-state index contributed by atoms with van der Waals surface area (Å²) >= 11 is 3.37.